The standard InChI is InChI=1S/C9H12IN3S/c1-6-4-14-5-8(6)13-9-11-2-7(10)3-12-9/h2-3,6,8H,4-5H2,1H3,(H,11,12,13). The molecule has 1 aromatic heterocycles. The third-order valence-corrected chi connectivity index (χ3v) is 4.21. The molecular formula is C9H12IN3S. The Morgan fingerprint density at radius 2 is 2.14 bits per heavy atom. The molecule has 1 saturated heterocycles. The molecule has 1 aliphatic heterocycles. The number of hydrogen-bond acceptors (Lipinski definition) is 4. The molecule has 0 bridgehead atoms. The molecule has 2 unspecified atom stereocenters. The van der Waals surface area contributed by atoms with Crippen molar-refractivity contribution in [1.29, 1.82) is 0 Å². The van der Waals surface area contributed by atoms with E-state index in [2.05, 4.69) is 44.8 Å². The quantitative estimate of drug-likeness (QED) is 0.848. The van der Waals surface area contributed by atoms with Gasteiger partial charge < -0.3 is 5.32 Å². The summed E-state index contributed by atoms with van der Waals surface area (Å²) in [6.45, 7) is 2.27. The van der Waals surface area contributed by atoms with E-state index in [-0.39, 0.29) is 0 Å². The second-order valence-electron chi connectivity index (χ2n) is 3.49. The van der Waals surface area contributed by atoms with Crippen molar-refractivity contribution >= 4 is 40.3 Å². The summed E-state index contributed by atoms with van der Waals surface area (Å²) in [4.78, 5) is 8.47. The van der Waals surface area contributed by atoms with Crippen LogP contribution >= 0.6 is 34.4 Å². The number of hydrogen-bond donors (Lipinski definition) is 1. The first kappa shape index (κ1) is 10.5. The lowest BCUT2D eigenvalue weighted by molar-refractivity contribution is 0.595. The molecule has 76 valence electrons. The molecule has 0 amide bonds. The second kappa shape index (κ2) is 4.65. The van der Waals surface area contributed by atoms with Crippen LogP contribution < -0.4 is 5.32 Å². The first-order chi connectivity index (χ1) is 6.75. The van der Waals surface area contributed by atoms with Gasteiger partial charge in [0.25, 0.3) is 0 Å². The number of rotatable bonds is 2. The summed E-state index contributed by atoms with van der Waals surface area (Å²) in [5.41, 5.74) is 0. The van der Waals surface area contributed by atoms with Crippen LogP contribution in [0.25, 0.3) is 0 Å². The molecule has 0 radical (unpaired) electrons. The molecule has 1 aliphatic rings. The number of halogens is 1. The van der Waals surface area contributed by atoms with Crippen molar-refractivity contribution in [2.24, 2.45) is 5.92 Å². The van der Waals surface area contributed by atoms with E-state index in [1.807, 2.05) is 24.2 Å². The molecule has 1 fully saturated rings. The molecule has 0 aromatic carbocycles. The molecular weight excluding hydrogens is 309 g/mol. The minimum absolute atomic E-state index is 0.528. The van der Waals surface area contributed by atoms with Crippen LogP contribution in [0, 0.1) is 9.49 Å². The van der Waals surface area contributed by atoms with Crippen molar-refractivity contribution in [3.05, 3.63) is 16.0 Å². The van der Waals surface area contributed by atoms with Crippen molar-refractivity contribution < 1.29 is 0 Å². The van der Waals surface area contributed by atoms with E-state index in [0.717, 1.165) is 15.3 Å². The molecule has 14 heavy (non-hydrogen) atoms. The van der Waals surface area contributed by atoms with Crippen LogP contribution in [0.3, 0.4) is 0 Å². The Labute approximate surface area is 102 Å². The number of nitrogens with one attached hydrogen (secondary N) is 1. The normalized spacial score (nSPS) is 26.4. The smallest absolute Gasteiger partial charge is 0.222 e. The summed E-state index contributed by atoms with van der Waals surface area (Å²) in [5.74, 6) is 3.87. The topological polar surface area (TPSA) is 37.8 Å². The van der Waals surface area contributed by atoms with Crippen LogP contribution in [-0.4, -0.2) is 27.5 Å². The van der Waals surface area contributed by atoms with Gasteiger partial charge in [-0.1, -0.05) is 6.92 Å². The second-order valence-corrected chi connectivity index (χ2v) is 5.81. The van der Waals surface area contributed by atoms with Gasteiger partial charge in [-0.25, -0.2) is 9.97 Å². The zero-order valence-electron chi connectivity index (χ0n) is 7.90. The van der Waals surface area contributed by atoms with E-state index in [1.165, 1.54) is 5.75 Å². The highest BCUT2D eigenvalue weighted by atomic mass is 127. The van der Waals surface area contributed by atoms with Gasteiger partial charge in [0.1, 0.15) is 0 Å². The molecule has 0 saturated carbocycles. The number of thioether (sulfide) groups is 1. The maximum absolute atomic E-state index is 4.24. The minimum atomic E-state index is 0.528. The number of aromatic nitrogens is 2. The van der Waals surface area contributed by atoms with Gasteiger partial charge in [-0.2, -0.15) is 11.8 Å². The van der Waals surface area contributed by atoms with Gasteiger partial charge in [0.15, 0.2) is 0 Å². The molecule has 1 aromatic rings. The molecule has 2 atom stereocenters. The van der Waals surface area contributed by atoms with Gasteiger partial charge in [0.2, 0.25) is 5.95 Å². The lowest BCUT2D eigenvalue weighted by atomic mass is 10.1. The monoisotopic (exact) mass is 321 g/mol. The maximum atomic E-state index is 4.24. The van der Waals surface area contributed by atoms with Crippen LogP contribution in [0.4, 0.5) is 5.95 Å². The highest BCUT2D eigenvalue weighted by Gasteiger charge is 2.24. The van der Waals surface area contributed by atoms with Crippen molar-refractivity contribution in [1.82, 2.24) is 9.97 Å². The lowest BCUT2D eigenvalue weighted by Crippen LogP contribution is -2.26. The van der Waals surface area contributed by atoms with Crippen molar-refractivity contribution in [3.8, 4) is 0 Å². The van der Waals surface area contributed by atoms with E-state index in [0.29, 0.717) is 12.0 Å². The molecule has 5 heteroatoms. The third-order valence-electron chi connectivity index (χ3n) is 2.30. The molecule has 2 heterocycles. The zero-order chi connectivity index (χ0) is 9.97. The average molecular weight is 321 g/mol. The summed E-state index contributed by atoms with van der Waals surface area (Å²) in [7, 11) is 0. The summed E-state index contributed by atoms with van der Waals surface area (Å²) < 4.78 is 1.07. The predicted molar refractivity (Wildman–Crippen MR) is 68.6 cm³/mol. The highest BCUT2D eigenvalue weighted by molar-refractivity contribution is 14.1. The van der Waals surface area contributed by atoms with Gasteiger partial charge in [-0.3, -0.25) is 0 Å². The van der Waals surface area contributed by atoms with Gasteiger partial charge in [-0.05, 0) is 34.3 Å². The Kier molecular flexibility index (Phi) is 3.48. The SMILES string of the molecule is CC1CSCC1Nc1ncc(I)cn1. The Morgan fingerprint density at radius 1 is 1.43 bits per heavy atom. The highest BCUT2D eigenvalue weighted by Crippen LogP contribution is 2.25. The van der Waals surface area contributed by atoms with Crippen LogP contribution in [0.15, 0.2) is 12.4 Å². The fraction of sp³-hybridized carbons (Fsp3) is 0.556. The third kappa shape index (κ3) is 2.50. The van der Waals surface area contributed by atoms with Gasteiger partial charge in [0, 0.05) is 27.8 Å². The minimum Gasteiger partial charge on any atom is -0.350 e. The zero-order valence-corrected chi connectivity index (χ0v) is 10.9. The Balaban J connectivity index is 2.00. The largest absolute Gasteiger partial charge is 0.350 e. The Hall–Kier alpha value is -0.0400. The fourth-order valence-corrected chi connectivity index (χ4v) is 3.08. The average Bonchev–Trinajstić information content (AvgIpc) is 2.56. The molecule has 1 N–H and O–H groups in total. The molecule has 2 rings (SSSR count). The summed E-state index contributed by atoms with van der Waals surface area (Å²) in [5, 5.41) is 3.37. The van der Waals surface area contributed by atoms with E-state index in [1.54, 1.807) is 0 Å². The first-order valence-corrected chi connectivity index (χ1v) is 6.81. The molecule has 0 spiro atoms. The maximum Gasteiger partial charge on any atom is 0.222 e. The molecule has 0 aliphatic carbocycles. The summed E-state index contributed by atoms with van der Waals surface area (Å²) in [6, 6.07) is 0.528. The van der Waals surface area contributed by atoms with Crippen LogP contribution in [0.5, 0.6) is 0 Å². The lowest BCUT2D eigenvalue weighted by Gasteiger charge is -2.15. The van der Waals surface area contributed by atoms with Gasteiger partial charge in [0.05, 0.1) is 0 Å². The van der Waals surface area contributed by atoms with Crippen LogP contribution in [0.1, 0.15) is 6.92 Å². The van der Waals surface area contributed by atoms with E-state index < -0.39 is 0 Å². The van der Waals surface area contributed by atoms with Crippen molar-refractivity contribution in [2.75, 3.05) is 16.8 Å². The van der Waals surface area contributed by atoms with Crippen molar-refractivity contribution in [3.63, 3.8) is 0 Å². The molecule has 3 nitrogen and oxygen atoms in total. The summed E-state index contributed by atoms with van der Waals surface area (Å²) >= 11 is 4.20. The summed E-state index contributed by atoms with van der Waals surface area (Å²) in [6.07, 6.45) is 3.67. The van der Waals surface area contributed by atoms with Gasteiger partial charge in [-0.15, -0.1) is 0 Å². The first-order valence-electron chi connectivity index (χ1n) is 4.57. The Morgan fingerprint density at radius 3 is 2.71 bits per heavy atom. The van der Waals surface area contributed by atoms with E-state index >= 15 is 0 Å². The Bertz CT molecular complexity index is 303. The predicted octanol–water partition coefficient (Wildman–Crippen LogP) is 2.24. The fourth-order valence-electron chi connectivity index (χ4n) is 1.40. The van der Waals surface area contributed by atoms with Crippen molar-refractivity contribution in [2.45, 2.75) is 13.0 Å². The van der Waals surface area contributed by atoms with Gasteiger partial charge >= 0.3 is 0 Å². The van der Waals surface area contributed by atoms with Crippen LogP contribution in [-0.2, 0) is 0 Å². The van der Waals surface area contributed by atoms with E-state index in [4.69, 9.17) is 0 Å². The van der Waals surface area contributed by atoms with E-state index in [9.17, 15) is 0 Å². The number of anilines is 1. The van der Waals surface area contributed by atoms with Crippen LogP contribution in [0.2, 0.25) is 0 Å². The number of nitrogens with zero attached hydrogens (tertiary/aromatic N) is 2.